The normalized spacial score (nSPS) is 18.7. The maximum Gasteiger partial charge on any atom is 0.124 e. The number of piperazine rings is 1. The summed E-state index contributed by atoms with van der Waals surface area (Å²) in [5, 5.41) is 6.95. The van der Waals surface area contributed by atoms with Crippen LogP contribution < -0.4 is 15.4 Å². The van der Waals surface area contributed by atoms with Crippen LogP contribution in [0.2, 0.25) is 0 Å². The van der Waals surface area contributed by atoms with Crippen molar-refractivity contribution < 1.29 is 4.74 Å². The summed E-state index contributed by atoms with van der Waals surface area (Å²) in [5.41, 5.74) is 2.42. The molecule has 1 saturated heterocycles. The first-order valence-electron chi connectivity index (χ1n) is 7.13. The van der Waals surface area contributed by atoms with Crippen LogP contribution in [0.3, 0.4) is 0 Å². The number of hydrogen-bond acceptors (Lipinski definition) is 3. The fourth-order valence-electron chi connectivity index (χ4n) is 2.51. The van der Waals surface area contributed by atoms with Crippen molar-refractivity contribution >= 4 is 0 Å². The molecule has 1 aliphatic heterocycles. The van der Waals surface area contributed by atoms with Crippen LogP contribution in [-0.2, 0) is 6.61 Å². The van der Waals surface area contributed by atoms with Gasteiger partial charge in [-0.15, -0.1) is 0 Å². The van der Waals surface area contributed by atoms with Gasteiger partial charge in [-0.3, -0.25) is 0 Å². The molecule has 0 aromatic heterocycles. The second-order valence-electron chi connectivity index (χ2n) is 5.02. The minimum absolute atomic E-state index is 0.329. The molecule has 3 heteroatoms. The van der Waals surface area contributed by atoms with E-state index in [1.54, 1.807) is 0 Å². The molecular weight excluding hydrogens is 248 g/mol. The predicted octanol–water partition coefficient (Wildman–Crippen LogP) is 2.50. The van der Waals surface area contributed by atoms with Gasteiger partial charge in [-0.2, -0.15) is 0 Å². The first-order chi connectivity index (χ1) is 9.93. The molecular formula is C17H20N2O. The van der Waals surface area contributed by atoms with Gasteiger partial charge in [0.15, 0.2) is 0 Å². The summed E-state index contributed by atoms with van der Waals surface area (Å²) in [6.45, 7) is 3.59. The van der Waals surface area contributed by atoms with Gasteiger partial charge in [-0.1, -0.05) is 48.5 Å². The lowest BCUT2D eigenvalue weighted by Crippen LogP contribution is -2.42. The van der Waals surface area contributed by atoms with E-state index in [4.69, 9.17) is 4.74 Å². The molecule has 1 aliphatic rings. The van der Waals surface area contributed by atoms with Crippen molar-refractivity contribution in [2.24, 2.45) is 0 Å². The standard InChI is InChI=1S/C17H20N2O/c1-2-6-14(7-3-1)13-20-17-9-5-4-8-15(17)16-12-18-10-11-19-16/h1-9,16,18-19H,10-13H2/t16-/m1/s1. The van der Waals surface area contributed by atoms with Gasteiger partial charge in [0.2, 0.25) is 0 Å². The second-order valence-corrected chi connectivity index (χ2v) is 5.02. The van der Waals surface area contributed by atoms with E-state index < -0.39 is 0 Å². The van der Waals surface area contributed by atoms with Crippen molar-refractivity contribution in [3.05, 3.63) is 65.7 Å². The van der Waals surface area contributed by atoms with E-state index >= 15 is 0 Å². The Morgan fingerprint density at radius 2 is 1.75 bits per heavy atom. The molecule has 2 aromatic rings. The first kappa shape index (κ1) is 13.2. The Labute approximate surface area is 120 Å². The molecule has 0 saturated carbocycles. The molecule has 0 aliphatic carbocycles. The third-order valence-corrected chi connectivity index (χ3v) is 3.57. The summed E-state index contributed by atoms with van der Waals surface area (Å²) in [7, 11) is 0. The maximum atomic E-state index is 6.01. The molecule has 2 aromatic carbocycles. The van der Waals surface area contributed by atoms with Crippen LogP contribution in [0, 0.1) is 0 Å². The van der Waals surface area contributed by atoms with E-state index in [0.29, 0.717) is 12.6 Å². The van der Waals surface area contributed by atoms with Crippen molar-refractivity contribution in [2.75, 3.05) is 19.6 Å². The lowest BCUT2D eigenvalue weighted by molar-refractivity contribution is 0.296. The van der Waals surface area contributed by atoms with E-state index in [1.807, 2.05) is 24.3 Å². The number of nitrogens with one attached hydrogen (secondary N) is 2. The summed E-state index contributed by atoms with van der Waals surface area (Å²) >= 11 is 0. The van der Waals surface area contributed by atoms with Crippen molar-refractivity contribution in [2.45, 2.75) is 12.6 Å². The van der Waals surface area contributed by atoms with Crippen molar-refractivity contribution in [1.29, 1.82) is 0 Å². The molecule has 3 nitrogen and oxygen atoms in total. The number of ether oxygens (including phenoxy) is 1. The van der Waals surface area contributed by atoms with Gasteiger partial charge in [0, 0.05) is 31.2 Å². The van der Waals surface area contributed by atoms with E-state index in [1.165, 1.54) is 11.1 Å². The van der Waals surface area contributed by atoms with Gasteiger partial charge >= 0.3 is 0 Å². The van der Waals surface area contributed by atoms with Crippen molar-refractivity contribution in [3.63, 3.8) is 0 Å². The molecule has 3 rings (SSSR count). The predicted molar refractivity (Wildman–Crippen MR) is 80.8 cm³/mol. The third-order valence-electron chi connectivity index (χ3n) is 3.57. The Bertz CT molecular complexity index is 536. The zero-order chi connectivity index (χ0) is 13.6. The average molecular weight is 268 g/mol. The highest BCUT2D eigenvalue weighted by Crippen LogP contribution is 2.26. The Morgan fingerprint density at radius 3 is 2.55 bits per heavy atom. The molecule has 1 atom stereocenters. The van der Waals surface area contributed by atoms with Gasteiger partial charge in [0.1, 0.15) is 12.4 Å². The Hall–Kier alpha value is -1.84. The van der Waals surface area contributed by atoms with Crippen molar-refractivity contribution in [1.82, 2.24) is 10.6 Å². The molecule has 1 heterocycles. The highest BCUT2D eigenvalue weighted by molar-refractivity contribution is 5.36. The molecule has 0 bridgehead atoms. The molecule has 0 radical (unpaired) electrons. The molecule has 1 fully saturated rings. The number of benzene rings is 2. The molecule has 20 heavy (non-hydrogen) atoms. The van der Waals surface area contributed by atoms with Crippen LogP contribution in [0.25, 0.3) is 0 Å². The van der Waals surface area contributed by atoms with Gasteiger partial charge in [-0.05, 0) is 11.6 Å². The Balaban J connectivity index is 1.72. The van der Waals surface area contributed by atoms with Gasteiger partial charge < -0.3 is 15.4 Å². The summed E-state index contributed by atoms with van der Waals surface area (Å²) in [5.74, 6) is 0.970. The quantitative estimate of drug-likeness (QED) is 0.894. The zero-order valence-electron chi connectivity index (χ0n) is 11.5. The van der Waals surface area contributed by atoms with Gasteiger partial charge in [0.05, 0.1) is 0 Å². The Morgan fingerprint density at radius 1 is 0.950 bits per heavy atom. The van der Waals surface area contributed by atoms with Crippen LogP contribution in [-0.4, -0.2) is 19.6 Å². The SMILES string of the molecule is c1ccc(COc2ccccc2[C@H]2CNCCN2)cc1. The molecule has 0 spiro atoms. The van der Waals surface area contributed by atoms with E-state index in [0.717, 1.165) is 25.4 Å². The summed E-state index contributed by atoms with van der Waals surface area (Å²) in [6.07, 6.45) is 0. The lowest BCUT2D eigenvalue weighted by atomic mass is 10.0. The summed E-state index contributed by atoms with van der Waals surface area (Å²) < 4.78 is 6.01. The number of rotatable bonds is 4. The lowest BCUT2D eigenvalue weighted by Gasteiger charge is -2.26. The maximum absolute atomic E-state index is 6.01. The smallest absolute Gasteiger partial charge is 0.124 e. The minimum Gasteiger partial charge on any atom is -0.489 e. The van der Waals surface area contributed by atoms with Crippen LogP contribution in [0.1, 0.15) is 17.2 Å². The largest absolute Gasteiger partial charge is 0.489 e. The zero-order valence-corrected chi connectivity index (χ0v) is 11.5. The highest BCUT2D eigenvalue weighted by atomic mass is 16.5. The van der Waals surface area contributed by atoms with Gasteiger partial charge in [-0.25, -0.2) is 0 Å². The molecule has 0 unspecified atom stereocenters. The minimum atomic E-state index is 0.329. The summed E-state index contributed by atoms with van der Waals surface area (Å²) in [4.78, 5) is 0. The summed E-state index contributed by atoms with van der Waals surface area (Å²) in [6, 6.07) is 18.9. The van der Waals surface area contributed by atoms with E-state index in [-0.39, 0.29) is 0 Å². The van der Waals surface area contributed by atoms with Crippen LogP contribution in [0.5, 0.6) is 5.75 Å². The topological polar surface area (TPSA) is 33.3 Å². The second kappa shape index (κ2) is 6.55. The Kier molecular flexibility index (Phi) is 4.31. The van der Waals surface area contributed by atoms with Crippen LogP contribution >= 0.6 is 0 Å². The number of hydrogen-bond donors (Lipinski definition) is 2. The number of para-hydroxylation sites is 1. The van der Waals surface area contributed by atoms with E-state index in [2.05, 4.69) is 41.0 Å². The van der Waals surface area contributed by atoms with Crippen LogP contribution in [0.15, 0.2) is 54.6 Å². The third kappa shape index (κ3) is 3.18. The average Bonchev–Trinajstić information content (AvgIpc) is 2.55. The van der Waals surface area contributed by atoms with E-state index in [9.17, 15) is 0 Å². The molecule has 2 N–H and O–H groups in total. The molecule has 0 amide bonds. The molecule has 104 valence electrons. The van der Waals surface area contributed by atoms with Gasteiger partial charge in [0.25, 0.3) is 0 Å². The fraction of sp³-hybridized carbons (Fsp3) is 0.294. The van der Waals surface area contributed by atoms with Crippen LogP contribution in [0.4, 0.5) is 0 Å². The van der Waals surface area contributed by atoms with Crippen molar-refractivity contribution in [3.8, 4) is 5.75 Å². The first-order valence-corrected chi connectivity index (χ1v) is 7.13. The fourth-order valence-corrected chi connectivity index (χ4v) is 2.51. The highest BCUT2D eigenvalue weighted by Gasteiger charge is 2.17. The monoisotopic (exact) mass is 268 g/mol.